The lowest BCUT2D eigenvalue weighted by molar-refractivity contribution is 0.212. The van der Waals surface area contributed by atoms with E-state index in [1.807, 2.05) is 63.3 Å². The number of aryl methyl sites for hydroxylation is 2. The summed E-state index contributed by atoms with van der Waals surface area (Å²) >= 11 is 1.68. The van der Waals surface area contributed by atoms with Crippen molar-refractivity contribution >= 4 is 17.5 Å². The Balaban J connectivity index is 1.87. The Labute approximate surface area is 172 Å². The van der Waals surface area contributed by atoms with Crippen molar-refractivity contribution in [1.29, 1.82) is 0 Å². The predicted octanol–water partition coefficient (Wildman–Crippen LogP) is 5.57. The van der Waals surface area contributed by atoms with Crippen LogP contribution in [0, 0.1) is 13.8 Å². The summed E-state index contributed by atoms with van der Waals surface area (Å²) in [6, 6.07) is 14.3. The van der Waals surface area contributed by atoms with E-state index in [1.54, 1.807) is 18.9 Å². The zero-order valence-electron chi connectivity index (χ0n) is 17.1. The Morgan fingerprint density at radius 1 is 1.07 bits per heavy atom. The van der Waals surface area contributed by atoms with Crippen LogP contribution in [0.2, 0.25) is 0 Å². The molecule has 0 spiro atoms. The molecule has 28 heavy (non-hydrogen) atoms. The molecule has 0 aliphatic carbocycles. The molecule has 2 rings (SSSR count). The van der Waals surface area contributed by atoms with E-state index < -0.39 is 0 Å². The van der Waals surface area contributed by atoms with Crippen molar-refractivity contribution in [2.75, 3.05) is 25.4 Å². The molecule has 0 aromatic heterocycles. The molecule has 0 heterocycles. The standard InChI is InChI=1S/C23H29NO3S/c1-5-6-12-26-22-13-18(2)23(19(3)14-22)27-17-28-16-21(24-25-4)15-20-10-8-7-9-11-20/h5-11,13-14H,12,15-17H2,1-4H3/b6-5+,24-21+. The summed E-state index contributed by atoms with van der Waals surface area (Å²) < 4.78 is 11.8. The molecule has 2 aromatic carbocycles. The lowest BCUT2D eigenvalue weighted by Crippen LogP contribution is -2.09. The first-order valence-electron chi connectivity index (χ1n) is 9.32. The molecule has 5 heteroatoms. The van der Waals surface area contributed by atoms with Crippen molar-refractivity contribution in [3.05, 3.63) is 71.3 Å². The highest BCUT2D eigenvalue weighted by Crippen LogP contribution is 2.29. The first kappa shape index (κ1) is 21.9. The van der Waals surface area contributed by atoms with Crippen molar-refractivity contribution in [2.45, 2.75) is 27.2 Å². The second-order valence-electron chi connectivity index (χ2n) is 6.38. The lowest BCUT2D eigenvalue weighted by Gasteiger charge is -2.14. The predicted molar refractivity (Wildman–Crippen MR) is 119 cm³/mol. The van der Waals surface area contributed by atoms with Gasteiger partial charge in [0.2, 0.25) is 0 Å². The SMILES string of the molecule is C/C=C/COc1cc(C)c(OCSC/C(Cc2ccccc2)=N/OC)c(C)c1. The Kier molecular flexibility index (Phi) is 9.49. The van der Waals surface area contributed by atoms with Crippen LogP contribution < -0.4 is 9.47 Å². The van der Waals surface area contributed by atoms with Gasteiger partial charge in [0, 0.05) is 12.2 Å². The van der Waals surface area contributed by atoms with Crippen molar-refractivity contribution in [3.63, 3.8) is 0 Å². The Morgan fingerprint density at radius 2 is 1.79 bits per heavy atom. The van der Waals surface area contributed by atoms with Gasteiger partial charge in [0.1, 0.15) is 31.2 Å². The fourth-order valence-electron chi connectivity index (χ4n) is 2.79. The van der Waals surface area contributed by atoms with Gasteiger partial charge in [-0.2, -0.15) is 0 Å². The molecule has 2 aromatic rings. The summed E-state index contributed by atoms with van der Waals surface area (Å²) in [5.41, 5.74) is 4.36. The van der Waals surface area contributed by atoms with Crippen LogP contribution in [-0.4, -0.2) is 31.1 Å². The molecule has 0 aliphatic rings. The summed E-state index contributed by atoms with van der Waals surface area (Å²) in [6.07, 6.45) is 4.74. The van der Waals surface area contributed by atoms with Crippen LogP contribution in [0.15, 0.2) is 59.8 Å². The normalized spacial score (nSPS) is 11.6. The van der Waals surface area contributed by atoms with Crippen LogP contribution in [0.1, 0.15) is 23.6 Å². The molecule has 0 saturated carbocycles. The number of hydrogen-bond donors (Lipinski definition) is 0. The number of allylic oxidation sites excluding steroid dienone is 1. The maximum atomic E-state index is 6.02. The van der Waals surface area contributed by atoms with Gasteiger partial charge < -0.3 is 14.3 Å². The van der Waals surface area contributed by atoms with Crippen molar-refractivity contribution < 1.29 is 14.3 Å². The van der Waals surface area contributed by atoms with E-state index >= 15 is 0 Å². The smallest absolute Gasteiger partial charge is 0.134 e. The largest absolute Gasteiger partial charge is 0.490 e. The van der Waals surface area contributed by atoms with Gasteiger partial charge in [-0.25, -0.2) is 0 Å². The van der Waals surface area contributed by atoms with E-state index in [-0.39, 0.29) is 0 Å². The number of ether oxygens (including phenoxy) is 2. The molecule has 0 N–H and O–H groups in total. The summed E-state index contributed by atoms with van der Waals surface area (Å²) in [4.78, 5) is 5.00. The minimum Gasteiger partial charge on any atom is -0.490 e. The number of rotatable bonds is 11. The zero-order valence-corrected chi connectivity index (χ0v) is 17.9. The molecule has 0 atom stereocenters. The summed E-state index contributed by atoms with van der Waals surface area (Å²) in [5, 5.41) is 4.16. The minimum absolute atomic E-state index is 0.554. The third kappa shape index (κ3) is 7.31. The average Bonchev–Trinajstić information content (AvgIpc) is 2.68. The van der Waals surface area contributed by atoms with Crippen molar-refractivity contribution in [3.8, 4) is 11.5 Å². The first-order valence-corrected chi connectivity index (χ1v) is 10.5. The third-order valence-electron chi connectivity index (χ3n) is 4.04. The van der Waals surface area contributed by atoms with Gasteiger partial charge in [0.15, 0.2) is 0 Å². The number of oxime groups is 1. The molecule has 0 fully saturated rings. The van der Waals surface area contributed by atoms with Crippen LogP contribution >= 0.6 is 11.8 Å². The number of hydrogen-bond acceptors (Lipinski definition) is 5. The fraction of sp³-hybridized carbons (Fsp3) is 0.348. The first-order chi connectivity index (χ1) is 13.6. The van der Waals surface area contributed by atoms with Gasteiger partial charge in [-0.1, -0.05) is 47.6 Å². The highest BCUT2D eigenvalue weighted by molar-refractivity contribution is 7.99. The second kappa shape index (κ2) is 12.1. The van der Waals surface area contributed by atoms with Gasteiger partial charge in [0.25, 0.3) is 0 Å². The summed E-state index contributed by atoms with van der Waals surface area (Å²) in [6.45, 7) is 6.65. The van der Waals surface area contributed by atoms with E-state index in [0.29, 0.717) is 12.5 Å². The van der Waals surface area contributed by atoms with Crippen LogP contribution in [0.25, 0.3) is 0 Å². The monoisotopic (exact) mass is 399 g/mol. The van der Waals surface area contributed by atoms with E-state index in [4.69, 9.17) is 14.3 Å². The van der Waals surface area contributed by atoms with Crippen LogP contribution in [0.4, 0.5) is 0 Å². The Morgan fingerprint density at radius 3 is 2.43 bits per heavy atom. The van der Waals surface area contributed by atoms with Gasteiger partial charge in [-0.15, -0.1) is 11.8 Å². The third-order valence-corrected chi connectivity index (χ3v) is 4.86. The molecule has 0 amide bonds. The highest BCUT2D eigenvalue weighted by atomic mass is 32.2. The number of nitrogens with zero attached hydrogens (tertiary/aromatic N) is 1. The number of thioether (sulfide) groups is 1. The van der Waals surface area contributed by atoms with Crippen molar-refractivity contribution in [1.82, 2.24) is 0 Å². The van der Waals surface area contributed by atoms with Gasteiger partial charge in [-0.3, -0.25) is 0 Å². The van der Waals surface area contributed by atoms with Crippen LogP contribution in [0.5, 0.6) is 11.5 Å². The molecular weight excluding hydrogens is 370 g/mol. The van der Waals surface area contributed by atoms with E-state index in [0.717, 1.165) is 40.5 Å². The maximum Gasteiger partial charge on any atom is 0.134 e. The molecule has 4 nitrogen and oxygen atoms in total. The van der Waals surface area contributed by atoms with Gasteiger partial charge >= 0.3 is 0 Å². The molecule has 0 bridgehead atoms. The highest BCUT2D eigenvalue weighted by Gasteiger charge is 2.09. The fourth-order valence-corrected chi connectivity index (χ4v) is 3.47. The second-order valence-corrected chi connectivity index (χ2v) is 7.31. The van der Waals surface area contributed by atoms with Crippen LogP contribution in [-0.2, 0) is 11.3 Å². The minimum atomic E-state index is 0.554. The quantitative estimate of drug-likeness (QED) is 0.163. The molecule has 150 valence electrons. The van der Waals surface area contributed by atoms with E-state index in [2.05, 4.69) is 17.3 Å². The molecule has 0 unspecified atom stereocenters. The number of benzene rings is 2. The van der Waals surface area contributed by atoms with Gasteiger partial charge in [0.05, 0.1) is 5.71 Å². The van der Waals surface area contributed by atoms with Crippen molar-refractivity contribution in [2.24, 2.45) is 5.16 Å². The lowest BCUT2D eigenvalue weighted by atomic mass is 10.1. The maximum absolute atomic E-state index is 6.02. The average molecular weight is 400 g/mol. The molecule has 0 radical (unpaired) electrons. The topological polar surface area (TPSA) is 40.0 Å². The van der Waals surface area contributed by atoms with Crippen LogP contribution in [0.3, 0.4) is 0 Å². The summed E-state index contributed by atoms with van der Waals surface area (Å²) in [5.74, 6) is 3.09. The molecule has 0 aliphatic heterocycles. The van der Waals surface area contributed by atoms with Gasteiger partial charge in [-0.05, 0) is 49.6 Å². The molecular formula is C23H29NO3S. The van der Waals surface area contributed by atoms with E-state index in [1.165, 1.54) is 5.56 Å². The summed E-state index contributed by atoms with van der Waals surface area (Å²) in [7, 11) is 1.58. The van der Waals surface area contributed by atoms with E-state index in [9.17, 15) is 0 Å². The Bertz CT molecular complexity index is 765. The molecule has 0 saturated heterocycles. The zero-order chi connectivity index (χ0) is 20.2. The Hall–Kier alpha value is -2.40.